The number of nitrogens with one attached hydrogen (secondary N) is 2. The Morgan fingerprint density at radius 1 is 1.23 bits per heavy atom. The number of rotatable bonds is 7. The molecule has 1 saturated carbocycles. The summed E-state index contributed by atoms with van der Waals surface area (Å²) >= 11 is 0. The second kappa shape index (κ2) is 7.94. The van der Waals surface area contributed by atoms with Crippen LogP contribution >= 0.6 is 0 Å². The average Bonchev–Trinajstić information content (AvgIpc) is 3.32. The van der Waals surface area contributed by atoms with Crippen LogP contribution in [-0.4, -0.2) is 51.6 Å². The number of aryl methyl sites for hydroxylation is 1. The Bertz CT molecular complexity index is 1020. The van der Waals surface area contributed by atoms with Crippen molar-refractivity contribution in [2.75, 3.05) is 42.3 Å². The van der Waals surface area contributed by atoms with E-state index in [1.807, 2.05) is 13.0 Å². The maximum absolute atomic E-state index is 6.42. The van der Waals surface area contributed by atoms with E-state index in [2.05, 4.69) is 36.6 Å². The van der Waals surface area contributed by atoms with E-state index in [0.29, 0.717) is 37.4 Å². The first-order valence-corrected chi connectivity index (χ1v) is 10.5. The molecule has 4 heterocycles. The summed E-state index contributed by atoms with van der Waals surface area (Å²) < 4.78 is 10.9. The zero-order chi connectivity index (χ0) is 20.5. The summed E-state index contributed by atoms with van der Waals surface area (Å²) in [7, 11) is 0. The molecule has 4 N–H and O–H groups in total. The van der Waals surface area contributed by atoms with Crippen molar-refractivity contribution >= 4 is 17.6 Å². The number of nitrogen functional groups attached to an aromatic ring is 1. The van der Waals surface area contributed by atoms with Gasteiger partial charge in [0.1, 0.15) is 11.6 Å². The van der Waals surface area contributed by atoms with E-state index in [0.717, 1.165) is 53.7 Å². The molecule has 10 nitrogen and oxygen atoms in total. The summed E-state index contributed by atoms with van der Waals surface area (Å²) in [6, 6.07) is 4.00. The summed E-state index contributed by atoms with van der Waals surface area (Å²) in [5, 5.41) is 14.8. The predicted molar refractivity (Wildman–Crippen MR) is 112 cm³/mol. The molecule has 1 aliphatic heterocycles. The second-order valence-corrected chi connectivity index (χ2v) is 7.70. The van der Waals surface area contributed by atoms with Gasteiger partial charge in [-0.2, -0.15) is 15.1 Å². The molecule has 0 amide bonds. The summed E-state index contributed by atoms with van der Waals surface area (Å²) in [6.07, 6.45) is 3.21. The number of ether oxygens (including phenoxy) is 1. The van der Waals surface area contributed by atoms with Gasteiger partial charge in [-0.05, 0) is 25.3 Å². The number of hydrogen-bond donors (Lipinski definition) is 3. The first kappa shape index (κ1) is 18.9. The molecule has 2 aliphatic rings. The van der Waals surface area contributed by atoms with Crippen LogP contribution in [0.25, 0.3) is 11.3 Å². The first-order valence-electron chi connectivity index (χ1n) is 10.5. The lowest BCUT2D eigenvalue weighted by molar-refractivity contribution is 0.122. The largest absolute Gasteiger partial charge is 0.383 e. The Balaban J connectivity index is 1.45. The SMILES string of the molecule is CCc1cc(CNc2nc(N)c(-c3cc(C4CC4)n[nH]3)c(N3CCOCC3)n2)on1. The number of aromatic nitrogens is 5. The maximum atomic E-state index is 6.42. The third-order valence-corrected chi connectivity index (χ3v) is 5.48. The maximum Gasteiger partial charge on any atom is 0.227 e. The zero-order valence-electron chi connectivity index (χ0n) is 17.0. The van der Waals surface area contributed by atoms with Gasteiger partial charge in [-0.3, -0.25) is 5.10 Å². The fourth-order valence-electron chi connectivity index (χ4n) is 3.63. The zero-order valence-corrected chi connectivity index (χ0v) is 17.0. The van der Waals surface area contributed by atoms with Gasteiger partial charge in [0, 0.05) is 25.1 Å². The van der Waals surface area contributed by atoms with Crippen LogP contribution in [0.1, 0.15) is 42.8 Å². The van der Waals surface area contributed by atoms with E-state index >= 15 is 0 Å². The molecule has 0 spiro atoms. The Kier molecular flexibility index (Phi) is 4.99. The van der Waals surface area contributed by atoms with Crippen LogP contribution in [0.3, 0.4) is 0 Å². The number of nitrogens with two attached hydrogens (primary N) is 1. The van der Waals surface area contributed by atoms with Crippen LogP contribution in [0.4, 0.5) is 17.6 Å². The molecule has 1 aliphatic carbocycles. The molecule has 10 heteroatoms. The normalized spacial score (nSPS) is 16.8. The molecule has 0 unspecified atom stereocenters. The van der Waals surface area contributed by atoms with E-state index in [-0.39, 0.29) is 0 Å². The summed E-state index contributed by atoms with van der Waals surface area (Å²) in [5.74, 6) is 2.93. The average molecular weight is 410 g/mol. The molecular formula is C20H26N8O2. The molecule has 2 fully saturated rings. The molecule has 30 heavy (non-hydrogen) atoms. The van der Waals surface area contributed by atoms with Gasteiger partial charge < -0.3 is 25.2 Å². The van der Waals surface area contributed by atoms with Crippen molar-refractivity contribution in [1.82, 2.24) is 25.3 Å². The molecule has 3 aromatic heterocycles. The number of H-pyrrole nitrogens is 1. The van der Waals surface area contributed by atoms with Crippen molar-refractivity contribution in [3.8, 4) is 11.3 Å². The van der Waals surface area contributed by atoms with Crippen LogP contribution in [0, 0.1) is 0 Å². The summed E-state index contributed by atoms with van der Waals surface area (Å²) in [5.41, 5.74) is 10.1. The van der Waals surface area contributed by atoms with E-state index in [4.69, 9.17) is 20.0 Å². The van der Waals surface area contributed by atoms with Crippen LogP contribution in [0.2, 0.25) is 0 Å². The van der Waals surface area contributed by atoms with Gasteiger partial charge in [0.05, 0.1) is 42.4 Å². The van der Waals surface area contributed by atoms with Crippen molar-refractivity contribution in [3.05, 3.63) is 29.3 Å². The first-order chi connectivity index (χ1) is 14.7. The topological polar surface area (TPSA) is 131 Å². The van der Waals surface area contributed by atoms with E-state index in [9.17, 15) is 0 Å². The minimum absolute atomic E-state index is 0.409. The van der Waals surface area contributed by atoms with Crippen LogP contribution in [0.15, 0.2) is 16.7 Å². The number of nitrogens with zero attached hydrogens (tertiary/aromatic N) is 5. The van der Waals surface area contributed by atoms with Crippen molar-refractivity contribution in [1.29, 1.82) is 0 Å². The standard InChI is InChI=1S/C20H26N8O2/c1-2-13-9-14(30-27-13)11-22-20-23-18(21)17(16-10-15(25-26-16)12-3-4-12)19(24-20)28-5-7-29-8-6-28/h9-10,12H,2-8,11H2,1H3,(H,25,26)(H3,21,22,23,24). The van der Waals surface area contributed by atoms with Gasteiger partial charge in [0.15, 0.2) is 5.76 Å². The smallest absolute Gasteiger partial charge is 0.227 e. The van der Waals surface area contributed by atoms with Crippen molar-refractivity contribution < 1.29 is 9.26 Å². The molecule has 0 atom stereocenters. The monoisotopic (exact) mass is 410 g/mol. The lowest BCUT2D eigenvalue weighted by atomic mass is 10.1. The summed E-state index contributed by atoms with van der Waals surface area (Å²) in [4.78, 5) is 11.5. The van der Waals surface area contributed by atoms with Gasteiger partial charge in [0.25, 0.3) is 0 Å². The lowest BCUT2D eigenvalue weighted by Gasteiger charge is -2.29. The van der Waals surface area contributed by atoms with E-state index in [1.54, 1.807) is 0 Å². The fraction of sp³-hybridized carbons (Fsp3) is 0.500. The highest BCUT2D eigenvalue weighted by Gasteiger charge is 2.28. The summed E-state index contributed by atoms with van der Waals surface area (Å²) in [6.45, 7) is 5.27. The van der Waals surface area contributed by atoms with Gasteiger partial charge in [0.2, 0.25) is 5.95 Å². The molecule has 158 valence electrons. The Morgan fingerprint density at radius 3 is 2.80 bits per heavy atom. The number of anilines is 3. The van der Waals surface area contributed by atoms with Crippen molar-refractivity contribution in [3.63, 3.8) is 0 Å². The molecule has 3 aromatic rings. The van der Waals surface area contributed by atoms with E-state index in [1.165, 1.54) is 12.8 Å². The highest BCUT2D eigenvalue weighted by Crippen LogP contribution is 2.41. The molecule has 0 aromatic carbocycles. The van der Waals surface area contributed by atoms with Crippen molar-refractivity contribution in [2.45, 2.75) is 38.6 Å². The van der Waals surface area contributed by atoms with Crippen LogP contribution < -0.4 is 16.0 Å². The number of morpholine rings is 1. The molecule has 5 rings (SSSR count). The highest BCUT2D eigenvalue weighted by atomic mass is 16.5. The van der Waals surface area contributed by atoms with Gasteiger partial charge in [-0.25, -0.2) is 0 Å². The van der Waals surface area contributed by atoms with Gasteiger partial charge in [-0.1, -0.05) is 12.1 Å². The number of hydrogen-bond acceptors (Lipinski definition) is 9. The Morgan fingerprint density at radius 2 is 2.07 bits per heavy atom. The molecular weight excluding hydrogens is 384 g/mol. The molecule has 1 saturated heterocycles. The number of aromatic amines is 1. The molecule has 0 radical (unpaired) electrons. The Hall–Kier alpha value is -3.14. The van der Waals surface area contributed by atoms with Crippen LogP contribution in [-0.2, 0) is 17.7 Å². The third kappa shape index (κ3) is 3.82. The van der Waals surface area contributed by atoms with Gasteiger partial charge >= 0.3 is 0 Å². The van der Waals surface area contributed by atoms with E-state index < -0.39 is 0 Å². The highest BCUT2D eigenvalue weighted by molar-refractivity contribution is 5.83. The van der Waals surface area contributed by atoms with Crippen molar-refractivity contribution in [2.24, 2.45) is 0 Å². The third-order valence-electron chi connectivity index (χ3n) is 5.48. The van der Waals surface area contributed by atoms with Gasteiger partial charge in [-0.15, -0.1) is 0 Å². The lowest BCUT2D eigenvalue weighted by Crippen LogP contribution is -2.37. The molecule has 0 bridgehead atoms. The predicted octanol–water partition coefficient (Wildman–Crippen LogP) is 2.33. The second-order valence-electron chi connectivity index (χ2n) is 7.70. The minimum atomic E-state index is 0.409. The fourth-order valence-corrected chi connectivity index (χ4v) is 3.63. The minimum Gasteiger partial charge on any atom is -0.383 e. The van der Waals surface area contributed by atoms with Crippen LogP contribution in [0.5, 0.6) is 0 Å². The quantitative estimate of drug-likeness (QED) is 0.537. The Labute approximate surface area is 174 Å².